The molecule has 2 aromatic heterocycles. The first-order valence-electron chi connectivity index (χ1n) is 8.10. The zero-order valence-electron chi connectivity index (χ0n) is 14.4. The second-order valence-corrected chi connectivity index (χ2v) is 6.22. The van der Waals surface area contributed by atoms with Crippen LogP contribution < -0.4 is 10.6 Å². The summed E-state index contributed by atoms with van der Waals surface area (Å²) in [5, 5.41) is 6.44. The Balaban J connectivity index is 1.72. The predicted octanol–water partition coefficient (Wildman–Crippen LogP) is 4.26. The number of aromatic nitrogens is 3. The lowest BCUT2D eigenvalue weighted by molar-refractivity contribution is 0.102. The van der Waals surface area contributed by atoms with E-state index in [-0.39, 0.29) is 11.9 Å². The van der Waals surface area contributed by atoms with Crippen molar-refractivity contribution in [3.63, 3.8) is 0 Å². The lowest BCUT2D eigenvalue weighted by Gasteiger charge is -2.16. The van der Waals surface area contributed by atoms with Crippen LogP contribution in [0.2, 0.25) is 5.15 Å². The Morgan fingerprint density at radius 3 is 2.69 bits per heavy atom. The first-order chi connectivity index (χ1) is 12.5. The number of anilines is 2. The van der Waals surface area contributed by atoms with Crippen LogP contribution in [-0.4, -0.2) is 20.9 Å². The van der Waals surface area contributed by atoms with E-state index >= 15 is 0 Å². The van der Waals surface area contributed by atoms with Crippen molar-refractivity contribution in [2.24, 2.45) is 0 Å². The molecule has 2 heterocycles. The van der Waals surface area contributed by atoms with E-state index in [1.165, 1.54) is 6.20 Å². The summed E-state index contributed by atoms with van der Waals surface area (Å²) in [6.07, 6.45) is 3.09. The van der Waals surface area contributed by atoms with Crippen LogP contribution in [0.15, 0.2) is 54.9 Å². The number of pyridine rings is 1. The number of benzene rings is 1. The largest absolute Gasteiger partial charge is 0.362 e. The third-order valence-corrected chi connectivity index (χ3v) is 3.92. The number of amides is 1. The third kappa shape index (κ3) is 4.55. The molecule has 2 N–H and O–H groups in total. The average Bonchev–Trinajstić information content (AvgIpc) is 2.62. The molecule has 0 radical (unpaired) electrons. The van der Waals surface area contributed by atoms with Gasteiger partial charge in [-0.3, -0.25) is 9.78 Å². The van der Waals surface area contributed by atoms with E-state index in [1.807, 2.05) is 50.2 Å². The van der Waals surface area contributed by atoms with Gasteiger partial charge in [0.1, 0.15) is 16.7 Å². The molecule has 0 aliphatic heterocycles. The van der Waals surface area contributed by atoms with E-state index in [0.717, 1.165) is 11.3 Å². The molecule has 1 aromatic carbocycles. The molecule has 132 valence electrons. The van der Waals surface area contributed by atoms with E-state index in [1.54, 1.807) is 12.3 Å². The van der Waals surface area contributed by atoms with Gasteiger partial charge < -0.3 is 10.6 Å². The summed E-state index contributed by atoms with van der Waals surface area (Å²) in [5.41, 5.74) is 2.87. The molecule has 0 saturated carbocycles. The van der Waals surface area contributed by atoms with E-state index in [0.29, 0.717) is 22.4 Å². The lowest BCUT2D eigenvalue weighted by atomic mass is 10.1. The maximum absolute atomic E-state index is 12.4. The highest BCUT2D eigenvalue weighted by molar-refractivity contribution is 6.29. The van der Waals surface area contributed by atoms with Gasteiger partial charge >= 0.3 is 0 Å². The fourth-order valence-electron chi connectivity index (χ4n) is 2.47. The molecule has 1 atom stereocenters. The quantitative estimate of drug-likeness (QED) is 0.704. The van der Waals surface area contributed by atoms with Crippen molar-refractivity contribution in [2.45, 2.75) is 19.9 Å². The first kappa shape index (κ1) is 17.8. The van der Waals surface area contributed by atoms with Crippen molar-refractivity contribution in [3.8, 4) is 0 Å². The molecular weight excluding hydrogens is 350 g/mol. The standard InChI is InChI=1S/C19H18ClN5O/c1-12-5-3-8-16(22-12)19(26)24-15-7-4-6-14(9-15)13(2)23-18-11-21-10-17(20)25-18/h3-11,13H,1-2H3,(H,23,25)(H,24,26)/t13-/m0/s1. The summed E-state index contributed by atoms with van der Waals surface area (Å²) in [6.45, 7) is 3.84. The Kier molecular flexibility index (Phi) is 5.43. The molecule has 6 nitrogen and oxygen atoms in total. The molecule has 0 aliphatic carbocycles. The second kappa shape index (κ2) is 7.93. The monoisotopic (exact) mass is 367 g/mol. The minimum absolute atomic E-state index is 0.0447. The Hall–Kier alpha value is -2.99. The van der Waals surface area contributed by atoms with Gasteiger partial charge in [0, 0.05) is 11.4 Å². The number of carbonyl (C=O) groups excluding carboxylic acids is 1. The second-order valence-electron chi connectivity index (χ2n) is 5.84. The van der Waals surface area contributed by atoms with Crippen LogP contribution in [0, 0.1) is 6.92 Å². The molecule has 3 rings (SSSR count). The van der Waals surface area contributed by atoms with Crippen LogP contribution in [-0.2, 0) is 0 Å². The van der Waals surface area contributed by atoms with Crippen LogP contribution in [0.4, 0.5) is 11.5 Å². The first-order valence-corrected chi connectivity index (χ1v) is 8.48. The number of halogens is 1. The van der Waals surface area contributed by atoms with Crippen LogP contribution >= 0.6 is 11.6 Å². The Morgan fingerprint density at radius 2 is 1.92 bits per heavy atom. The minimum atomic E-state index is -0.243. The molecule has 0 spiro atoms. The third-order valence-electron chi connectivity index (χ3n) is 3.73. The highest BCUT2D eigenvalue weighted by Crippen LogP contribution is 2.21. The van der Waals surface area contributed by atoms with E-state index in [4.69, 9.17) is 11.6 Å². The summed E-state index contributed by atoms with van der Waals surface area (Å²) >= 11 is 5.86. The Bertz CT molecular complexity index is 931. The number of rotatable bonds is 5. The zero-order valence-corrected chi connectivity index (χ0v) is 15.2. The van der Waals surface area contributed by atoms with Gasteiger partial charge in [0.15, 0.2) is 0 Å². The average molecular weight is 368 g/mol. The van der Waals surface area contributed by atoms with Gasteiger partial charge in [-0.05, 0) is 43.7 Å². The molecule has 0 unspecified atom stereocenters. The lowest BCUT2D eigenvalue weighted by Crippen LogP contribution is -2.14. The van der Waals surface area contributed by atoms with Gasteiger partial charge in [0.05, 0.1) is 18.4 Å². The minimum Gasteiger partial charge on any atom is -0.362 e. The molecule has 3 aromatic rings. The molecule has 0 fully saturated rings. The van der Waals surface area contributed by atoms with Crippen LogP contribution in [0.1, 0.15) is 34.7 Å². The van der Waals surface area contributed by atoms with Crippen LogP contribution in [0.3, 0.4) is 0 Å². The topological polar surface area (TPSA) is 79.8 Å². The number of carbonyl (C=O) groups is 1. The smallest absolute Gasteiger partial charge is 0.274 e. The van der Waals surface area contributed by atoms with Crippen LogP contribution in [0.5, 0.6) is 0 Å². The zero-order chi connectivity index (χ0) is 18.5. The van der Waals surface area contributed by atoms with E-state index < -0.39 is 0 Å². The number of nitrogens with one attached hydrogen (secondary N) is 2. The fourth-order valence-corrected chi connectivity index (χ4v) is 2.61. The van der Waals surface area contributed by atoms with Gasteiger partial charge in [0.25, 0.3) is 5.91 Å². The number of hydrogen-bond acceptors (Lipinski definition) is 5. The van der Waals surface area contributed by atoms with Crippen molar-refractivity contribution < 1.29 is 4.79 Å². The summed E-state index contributed by atoms with van der Waals surface area (Å²) in [6, 6.07) is 12.9. The highest BCUT2D eigenvalue weighted by Gasteiger charge is 2.11. The molecule has 0 bridgehead atoms. The highest BCUT2D eigenvalue weighted by atomic mass is 35.5. The van der Waals surface area contributed by atoms with Gasteiger partial charge in [-0.2, -0.15) is 0 Å². The van der Waals surface area contributed by atoms with Gasteiger partial charge in [-0.15, -0.1) is 0 Å². The summed E-state index contributed by atoms with van der Waals surface area (Å²) in [4.78, 5) is 24.8. The fraction of sp³-hybridized carbons (Fsp3) is 0.158. The number of hydrogen-bond donors (Lipinski definition) is 2. The normalized spacial score (nSPS) is 11.7. The van der Waals surface area contributed by atoms with Crippen LogP contribution in [0.25, 0.3) is 0 Å². The van der Waals surface area contributed by atoms with Crippen molar-refractivity contribution in [1.29, 1.82) is 0 Å². The van der Waals surface area contributed by atoms with Gasteiger partial charge in [0.2, 0.25) is 0 Å². The molecule has 0 aliphatic rings. The Morgan fingerprint density at radius 1 is 1.12 bits per heavy atom. The molecule has 1 amide bonds. The summed E-state index contributed by atoms with van der Waals surface area (Å²) in [7, 11) is 0. The van der Waals surface area contributed by atoms with Crippen molar-refractivity contribution in [3.05, 3.63) is 77.0 Å². The SMILES string of the molecule is Cc1cccc(C(=O)Nc2cccc([C@H](C)Nc3cncc(Cl)n3)c2)n1. The number of aryl methyl sites for hydroxylation is 1. The molecule has 26 heavy (non-hydrogen) atoms. The van der Waals surface area contributed by atoms with Gasteiger partial charge in [-0.25, -0.2) is 9.97 Å². The summed E-state index contributed by atoms with van der Waals surface area (Å²) < 4.78 is 0. The van der Waals surface area contributed by atoms with Gasteiger partial charge in [-0.1, -0.05) is 29.8 Å². The maximum Gasteiger partial charge on any atom is 0.274 e. The van der Waals surface area contributed by atoms with E-state index in [2.05, 4.69) is 25.6 Å². The van der Waals surface area contributed by atoms with E-state index in [9.17, 15) is 4.79 Å². The van der Waals surface area contributed by atoms with Crippen molar-refractivity contribution >= 4 is 29.0 Å². The molecular formula is C19H18ClN5O. The van der Waals surface area contributed by atoms with Crippen molar-refractivity contribution in [2.75, 3.05) is 10.6 Å². The maximum atomic E-state index is 12.4. The Labute approximate surface area is 156 Å². The predicted molar refractivity (Wildman–Crippen MR) is 102 cm³/mol. The molecule has 0 saturated heterocycles. The number of nitrogens with zero attached hydrogens (tertiary/aromatic N) is 3. The molecule has 7 heteroatoms. The van der Waals surface area contributed by atoms with Crippen molar-refractivity contribution in [1.82, 2.24) is 15.0 Å². The summed E-state index contributed by atoms with van der Waals surface area (Å²) in [5.74, 6) is 0.343.